The second-order valence-corrected chi connectivity index (χ2v) is 8.47. The number of fused-ring (bicyclic) bond motifs is 2. The molecule has 2 aliphatic rings. The van der Waals surface area contributed by atoms with Crippen LogP contribution in [0.3, 0.4) is 0 Å². The van der Waals surface area contributed by atoms with Crippen LogP contribution in [0.25, 0.3) is 28.2 Å². The van der Waals surface area contributed by atoms with Crippen molar-refractivity contribution in [3.63, 3.8) is 0 Å². The Morgan fingerprint density at radius 2 is 2.03 bits per heavy atom. The van der Waals surface area contributed by atoms with E-state index in [9.17, 15) is 4.79 Å². The monoisotopic (exact) mass is 402 g/mol. The molecule has 2 N–H and O–H groups in total. The van der Waals surface area contributed by atoms with Crippen LogP contribution in [0.15, 0.2) is 29.3 Å². The molecule has 4 aromatic rings. The Kier molecular flexibility index (Phi) is 3.55. The van der Waals surface area contributed by atoms with E-state index in [1.807, 2.05) is 32.2 Å². The van der Waals surface area contributed by atoms with Crippen LogP contribution < -0.4 is 15.8 Å². The van der Waals surface area contributed by atoms with Gasteiger partial charge in [-0.1, -0.05) is 0 Å². The van der Waals surface area contributed by atoms with Crippen molar-refractivity contribution in [2.24, 2.45) is 0 Å². The van der Waals surface area contributed by atoms with Gasteiger partial charge in [-0.05, 0) is 44.4 Å². The Bertz CT molecular complexity index is 1370. The molecule has 0 amide bonds. The zero-order valence-electron chi connectivity index (χ0n) is 16.9. The number of aromatic amines is 1. The maximum Gasteiger partial charge on any atom is 0.277 e. The minimum atomic E-state index is -0.262. The highest BCUT2D eigenvalue weighted by Crippen LogP contribution is 2.38. The van der Waals surface area contributed by atoms with Crippen molar-refractivity contribution in [3.05, 3.63) is 46.1 Å². The first-order valence-corrected chi connectivity index (χ1v) is 10.2. The molecule has 1 saturated heterocycles. The highest BCUT2D eigenvalue weighted by molar-refractivity contribution is 5.79. The number of aryl methyl sites for hydroxylation is 2. The van der Waals surface area contributed by atoms with Crippen molar-refractivity contribution in [2.75, 3.05) is 24.5 Å². The summed E-state index contributed by atoms with van der Waals surface area (Å²) in [6.07, 6.45) is 6.08. The molecule has 6 rings (SSSR count). The molecular formula is C21H22N8O. The minimum absolute atomic E-state index is 0.262. The molecule has 0 aromatic carbocycles. The molecule has 2 fully saturated rings. The van der Waals surface area contributed by atoms with Crippen LogP contribution in [0.1, 0.15) is 24.1 Å². The summed E-state index contributed by atoms with van der Waals surface area (Å²) < 4.78 is 1.73. The SMILES string of the molecule is Cc1cn2nc(-c3nc4cc(N5CCNC6(CC6)C5)cnc4c(=O)[nH]3)cc(C)c2n1. The predicted octanol–water partition coefficient (Wildman–Crippen LogP) is 1.59. The highest BCUT2D eigenvalue weighted by atomic mass is 16.1. The average Bonchev–Trinajstić information content (AvgIpc) is 3.35. The molecule has 9 heteroatoms. The smallest absolute Gasteiger partial charge is 0.277 e. The van der Waals surface area contributed by atoms with Gasteiger partial charge in [-0.15, -0.1) is 0 Å². The Labute approximate surface area is 172 Å². The van der Waals surface area contributed by atoms with Crippen LogP contribution in [0.4, 0.5) is 5.69 Å². The molecule has 152 valence electrons. The van der Waals surface area contributed by atoms with Crippen LogP contribution in [0.2, 0.25) is 0 Å². The normalized spacial score (nSPS) is 17.9. The molecule has 5 heterocycles. The third-order valence-corrected chi connectivity index (χ3v) is 6.10. The van der Waals surface area contributed by atoms with Gasteiger partial charge in [-0.25, -0.2) is 19.5 Å². The largest absolute Gasteiger partial charge is 0.367 e. The van der Waals surface area contributed by atoms with Gasteiger partial charge in [0.15, 0.2) is 17.0 Å². The Morgan fingerprint density at radius 3 is 2.87 bits per heavy atom. The third kappa shape index (κ3) is 2.77. The van der Waals surface area contributed by atoms with Gasteiger partial charge >= 0.3 is 0 Å². The van der Waals surface area contributed by atoms with Gasteiger partial charge in [0.1, 0.15) is 5.69 Å². The number of rotatable bonds is 2. The number of nitrogens with zero attached hydrogens (tertiary/aromatic N) is 6. The summed E-state index contributed by atoms with van der Waals surface area (Å²) in [5.74, 6) is 0.432. The Hall–Kier alpha value is -3.33. The molecule has 0 atom stereocenters. The number of aromatic nitrogens is 6. The highest BCUT2D eigenvalue weighted by Gasteiger charge is 2.45. The zero-order chi connectivity index (χ0) is 20.5. The van der Waals surface area contributed by atoms with E-state index in [0.29, 0.717) is 22.6 Å². The number of hydrogen-bond donors (Lipinski definition) is 2. The summed E-state index contributed by atoms with van der Waals surface area (Å²) in [4.78, 5) is 31.5. The maximum absolute atomic E-state index is 12.7. The van der Waals surface area contributed by atoms with Crippen molar-refractivity contribution in [2.45, 2.75) is 32.2 Å². The van der Waals surface area contributed by atoms with Gasteiger partial charge in [0.05, 0.1) is 29.3 Å². The summed E-state index contributed by atoms with van der Waals surface area (Å²) in [5, 5.41) is 8.22. The fourth-order valence-corrected chi connectivity index (χ4v) is 4.34. The maximum atomic E-state index is 12.7. The fraction of sp³-hybridized carbons (Fsp3) is 0.381. The van der Waals surface area contributed by atoms with Crippen LogP contribution in [-0.2, 0) is 0 Å². The first kappa shape index (κ1) is 17.5. The number of imidazole rings is 1. The molecule has 4 aromatic heterocycles. The standard InChI is InChI=1S/C21H22N8O/c1-12-7-16(27-29-10-13(2)24-19(12)29)18-25-15-8-14(9-22-17(15)20(30)26-18)28-6-5-23-21(11-28)3-4-21/h7-10,23H,3-6,11H2,1-2H3,(H,25,26,30). The second kappa shape index (κ2) is 6.09. The third-order valence-electron chi connectivity index (χ3n) is 6.10. The summed E-state index contributed by atoms with van der Waals surface area (Å²) in [6.45, 7) is 6.75. The van der Waals surface area contributed by atoms with Gasteiger partial charge in [-0.2, -0.15) is 5.10 Å². The molecule has 0 unspecified atom stereocenters. The lowest BCUT2D eigenvalue weighted by atomic mass is 10.1. The topological polar surface area (TPSA) is 104 Å². The first-order chi connectivity index (χ1) is 14.5. The van der Waals surface area contributed by atoms with E-state index in [0.717, 1.165) is 42.2 Å². The number of anilines is 1. The number of pyridine rings is 1. The Balaban J connectivity index is 1.45. The summed E-state index contributed by atoms with van der Waals surface area (Å²) in [6, 6.07) is 3.87. The van der Waals surface area contributed by atoms with Crippen molar-refractivity contribution >= 4 is 22.4 Å². The van der Waals surface area contributed by atoms with Gasteiger partial charge in [0.2, 0.25) is 0 Å². The van der Waals surface area contributed by atoms with Crippen LogP contribution in [0.5, 0.6) is 0 Å². The van der Waals surface area contributed by atoms with Crippen molar-refractivity contribution in [1.29, 1.82) is 0 Å². The van der Waals surface area contributed by atoms with Gasteiger partial charge in [-0.3, -0.25) is 4.79 Å². The van der Waals surface area contributed by atoms with Crippen molar-refractivity contribution < 1.29 is 0 Å². The van der Waals surface area contributed by atoms with Crippen molar-refractivity contribution in [1.82, 2.24) is 34.9 Å². The van der Waals surface area contributed by atoms with E-state index in [-0.39, 0.29) is 11.1 Å². The summed E-state index contributed by atoms with van der Waals surface area (Å²) in [5.41, 5.74) is 5.19. The molecule has 9 nitrogen and oxygen atoms in total. The van der Waals surface area contributed by atoms with E-state index in [2.05, 4.69) is 30.3 Å². The molecule has 1 aliphatic carbocycles. The molecule has 30 heavy (non-hydrogen) atoms. The molecule has 0 radical (unpaired) electrons. The molecule has 0 bridgehead atoms. The van der Waals surface area contributed by atoms with Gasteiger partial charge in [0.25, 0.3) is 5.56 Å². The minimum Gasteiger partial charge on any atom is -0.367 e. The lowest BCUT2D eigenvalue weighted by Gasteiger charge is -2.35. The molecule has 1 spiro atoms. The lowest BCUT2D eigenvalue weighted by Crippen LogP contribution is -2.52. The average molecular weight is 402 g/mol. The lowest BCUT2D eigenvalue weighted by molar-refractivity contribution is 0.442. The van der Waals surface area contributed by atoms with Crippen LogP contribution in [0, 0.1) is 13.8 Å². The van der Waals surface area contributed by atoms with E-state index < -0.39 is 0 Å². The predicted molar refractivity (Wildman–Crippen MR) is 114 cm³/mol. The quantitative estimate of drug-likeness (QED) is 0.525. The van der Waals surface area contributed by atoms with E-state index in [4.69, 9.17) is 4.98 Å². The number of hydrogen-bond acceptors (Lipinski definition) is 7. The first-order valence-electron chi connectivity index (χ1n) is 10.2. The number of piperazine rings is 1. The van der Waals surface area contributed by atoms with E-state index >= 15 is 0 Å². The summed E-state index contributed by atoms with van der Waals surface area (Å²) in [7, 11) is 0. The zero-order valence-corrected chi connectivity index (χ0v) is 16.9. The Morgan fingerprint density at radius 1 is 1.17 bits per heavy atom. The number of nitrogens with one attached hydrogen (secondary N) is 2. The van der Waals surface area contributed by atoms with Crippen LogP contribution >= 0.6 is 0 Å². The summed E-state index contributed by atoms with van der Waals surface area (Å²) >= 11 is 0. The molecule has 1 saturated carbocycles. The van der Waals surface area contributed by atoms with E-state index in [1.165, 1.54) is 12.8 Å². The second-order valence-electron chi connectivity index (χ2n) is 8.47. The molecular weight excluding hydrogens is 380 g/mol. The molecule has 1 aliphatic heterocycles. The fourth-order valence-electron chi connectivity index (χ4n) is 4.34. The van der Waals surface area contributed by atoms with Gasteiger partial charge < -0.3 is 15.2 Å². The van der Waals surface area contributed by atoms with Crippen LogP contribution in [-0.4, -0.2) is 54.7 Å². The van der Waals surface area contributed by atoms with Gasteiger partial charge in [0, 0.05) is 25.2 Å². The van der Waals surface area contributed by atoms with E-state index in [1.54, 1.807) is 10.7 Å². The number of H-pyrrole nitrogens is 1. The van der Waals surface area contributed by atoms with Crippen molar-refractivity contribution in [3.8, 4) is 11.5 Å².